The van der Waals surface area contributed by atoms with Crippen LogP contribution in [0.4, 0.5) is 0 Å². The van der Waals surface area contributed by atoms with E-state index in [-0.39, 0.29) is 6.42 Å². The van der Waals surface area contributed by atoms with Crippen molar-refractivity contribution < 1.29 is 9.90 Å². The molecule has 0 saturated carbocycles. The fourth-order valence-corrected chi connectivity index (χ4v) is 2.25. The Morgan fingerprint density at radius 1 is 1.62 bits per heavy atom. The highest BCUT2D eigenvalue weighted by Gasteiger charge is 2.11. The maximum Gasteiger partial charge on any atom is 0.303 e. The first-order chi connectivity index (χ1) is 7.56. The molecule has 0 aromatic carbocycles. The van der Waals surface area contributed by atoms with E-state index in [1.165, 1.54) is 0 Å². The average molecular weight is 239 g/mol. The maximum absolute atomic E-state index is 10.4. The van der Waals surface area contributed by atoms with Crippen molar-refractivity contribution in [2.24, 2.45) is 0 Å². The standard InChI is InChI=1S/C10H13N3O2S/c1-6(2)9-12-13-5-7(3-4-8(14)15)11-10(13)16-9/h5-6H,3-4H2,1-2H3,(H,14,15). The summed E-state index contributed by atoms with van der Waals surface area (Å²) >= 11 is 1.55. The van der Waals surface area contributed by atoms with E-state index in [0.717, 1.165) is 15.7 Å². The van der Waals surface area contributed by atoms with Gasteiger partial charge < -0.3 is 5.11 Å². The molecular formula is C10H13N3O2S. The number of carbonyl (C=O) groups is 1. The first-order valence-corrected chi connectivity index (χ1v) is 5.94. The van der Waals surface area contributed by atoms with Gasteiger partial charge in [-0.3, -0.25) is 4.79 Å². The van der Waals surface area contributed by atoms with Crippen molar-refractivity contribution >= 4 is 22.3 Å². The van der Waals surface area contributed by atoms with Crippen molar-refractivity contribution in [2.75, 3.05) is 0 Å². The van der Waals surface area contributed by atoms with E-state index in [1.54, 1.807) is 22.0 Å². The van der Waals surface area contributed by atoms with E-state index in [2.05, 4.69) is 23.9 Å². The van der Waals surface area contributed by atoms with Gasteiger partial charge in [-0.25, -0.2) is 9.50 Å². The van der Waals surface area contributed by atoms with Gasteiger partial charge in [0, 0.05) is 12.3 Å². The van der Waals surface area contributed by atoms with Gasteiger partial charge in [-0.15, -0.1) is 0 Å². The lowest BCUT2D eigenvalue weighted by atomic mass is 10.2. The average Bonchev–Trinajstić information content (AvgIpc) is 2.70. The highest BCUT2D eigenvalue weighted by Crippen LogP contribution is 2.21. The highest BCUT2D eigenvalue weighted by atomic mass is 32.1. The zero-order chi connectivity index (χ0) is 11.7. The summed E-state index contributed by atoms with van der Waals surface area (Å²) in [5.41, 5.74) is 0.788. The summed E-state index contributed by atoms with van der Waals surface area (Å²) in [7, 11) is 0. The van der Waals surface area contributed by atoms with Crippen molar-refractivity contribution in [3.63, 3.8) is 0 Å². The van der Waals surface area contributed by atoms with Gasteiger partial charge in [0.05, 0.1) is 18.3 Å². The van der Waals surface area contributed by atoms with E-state index >= 15 is 0 Å². The Kier molecular flexibility index (Phi) is 2.91. The quantitative estimate of drug-likeness (QED) is 0.885. The van der Waals surface area contributed by atoms with Crippen molar-refractivity contribution in [1.29, 1.82) is 0 Å². The van der Waals surface area contributed by atoms with Crippen LogP contribution >= 0.6 is 11.3 Å². The van der Waals surface area contributed by atoms with Crippen molar-refractivity contribution in [3.05, 3.63) is 16.9 Å². The number of rotatable bonds is 4. The van der Waals surface area contributed by atoms with E-state index in [4.69, 9.17) is 5.11 Å². The third-order valence-electron chi connectivity index (χ3n) is 2.20. The Morgan fingerprint density at radius 2 is 2.38 bits per heavy atom. The Hall–Kier alpha value is -1.43. The molecule has 2 aromatic rings. The molecule has 0 saturated heterocycles. The lowest BCUT2D eigenvalue weighted by molar-refractivity contribution is -0.136. The number of aryl methyl sites for hydroxylation is 1. The summed E-state index contributed by atoms with van der Waals surface area (Å²) in [6.07, 6.45) is 2.38. The number of fused-ring (bicyclic) bond motifs is 1. The second kappa shape index (κ2) is 4.21. The van der Waals surface area contributed by atoms with Gasteiger partial charge >= 0.3 is 5.97 Å². The van der Waals surface area contributed by atoms with Crippen LogP contribution in [0, 0.1) is 0 Å². The fourth-order valence-electron chi connectivity index (χ4n) is 1.35. The molecule has 86 valence electrons. The summed E-state index contributed by atoms with van der Waals surface area (Å²) in [5.74, 6) is -0.402. The van der Waals surface area contributed by atoms with Gasteiger partial charge in [-0.05, 0) is 0 Å². The van der Waals surface area contributed by atoms with E-state index in [0.29, 0.717) is 12.3 Å². The molecular weight excluding hydrogens is 226 g/mol. The van der Waals surface area contributed by atoms with Crippen LogP contribution in [0.15, 0.2) is 6.20 Å². The van der Waals surface area contributed by atoms with Crippen LogP contribution in [0.5, 0.6) is 0 Å². The Bertz CT molecular complexity index is 484. The van der Waals surface area contributed by atoms with E-state index in [1.807, 2.05) is 0 Å². The Labute approximate surface area is 96.7 Å². The topological polar surface area (TPSA) is 67.5 Å². The van der Waals surface area contributed by atoms with Crippen LogP contribution in [0.25, 0.3) is 4.96 Å². The lowest BCUT2D eigenvalue weighted by Crippen LogP contribution is -1.97. The molecule has 2 aromatic heterocycles. The molecule has 0 unspecified atom stereocenters. The lowest BCUT2D eigenvalue weighted by Gasteiger charge is -1.94. The van der Waals surface area contributed by atoms with Crippen LogP contribution < -0.4 is 0 Å². The summed E-state index contributed by atoms with van der Waals surface area (Å²) in [4.78, 5) is 15.6. The molecule has 0 aliphatic rings. The molecule has 0 radical (unpaired) electrons. The number of aliphatic carboxylic acids is 1. The van der Waals surface area contributed by atoms with Crippen LogP contribution in [0.2, 0.25) is 0 Å². The number of aromatic nitrogens is 3. The van der Waals surface area contributed by atoms with Gasteiger partial charge in [-0.2, -0.15) is 5.10 Å². The molecule has 0 aliphatic heterocycles. The van der Waals surface area contributed by atoms with Gasteiger partial charge in [0.15, 0.2) is 0 Å². The van der Waals surface area contributed by atoms with Gasteiger partial charge in [0.2, 0.25) is 4.96 Å². The smallest absolute Gasteiger partial charge is 0.303 e. The Morgan fingerprint density at radius 3 is 2.94 bits per heavy atom. The summed E-state index contributed by atoms with van der Waals surface area (Å²) < 4.78 is 1.73. The van der Waals surface area contributed by atoms with Gasteiger partial charge in [0.1, 0.15) is 5.01 Å². The van der Waals surface area contributed by atoms with Crippen molar-refractivity contribution in [2.45, 2.75) is 32.6 Å². The molecule has 0 spiro atoms. The molecule has 0 amide bonds. The zero-order valence-corrected chi connectivity index (χ0v) is 9.99. The van der Waals surface area contributed by atoms with Crippen LogP contribution in [-0.2, 0) is 11.2 Å². The SMILES string of the molecule is CC(C)c1nn2cc(CCC(=O)O)nc2s1. The molecule has 5 nitrogen and oxygen atoms in total. The highest BCUT2D eigenvalue weighted by molar-refractivity contribution is 7.16. The molecule has 0 bridgehead atoms. The minimum atomic E-state index is -0.799. The first-order valence-electron chi connectivity index (χ1n) is 5.13. The summed E-state index contributed by atoms with van der Waals surface area (Å²) in [6.45, 7) is 4.17. The molecule has 0 aliphatic carbocycles. The molecule has 1 N–H and O–H groups in total. The number of hydrogen-bond donors (Lipinski definition) is 1. The molecule has 0 atom stereocenters. The van der Waals surface area contributed by atoms with Gasteiger partial charge in [-0.1, -0.05) is 25.2 Å². The summed E-state index contributed by atoms with van der Waals surface area (Å²) in [6, 6.07) is 0. The second-order valence-electron chi connectivity index (χ2n) is 3.95. The van der Waals surface area contributed by atoms with Crippen molar-refractivity contribution in [3.8, 4) is 0 Å². The predicted octanol–water partition coefficient (Wildman–Crippen LogP) is 1.93. The van der Waals surface area contributed by atoms with Crippen LogP contribution in [0.3, 0.4) is 0 Å². The maximum atomic E-state index is 10.4. The predicted molar refractivity (Wildman–Crippen MR) is 60.9 cm³/mol. The van der Waals surface area contributed by atoms with Crippen molar-refractivity contribution in [1.82, 2.24) is 14.6 Å². The van der Waals surface area contributed by atoms with Gasteiger partial charge in [0.25, 0.3) is 0 Å². The number of carboxylic acids is 1. The molecule has 0 fully saturated rings. The Balaban J connectivity index is 2.19. The number of carboxylic acid groups (broad SMARTS) is 1. The molecule has 6 heteroatoms. The molecule has 2 heterocycles. The van der Waals surface area contributed by atoms with Crippen LogP contribution in [-0.4, -0.2) is 25.7 Å². The molecule has 2 rings (SSSR count). The van der Waals surface area contributed by atoms with E-state index < -0.39 is 5.97 Å². The van der Waals surface area contributed by atoms with Crippen LogP contribution in [0.1, 0.15) is 36.9 Å². The monoisotopic (exact) mass is 239 g/mol. The number of imidazole rings is 1. The minimum absolute atomic E-state index is 0.113. The first kappa shape index (κ1) is 11.1. The normalized spacial score (nSPS) is 11.4. The summed E-state index contributed by atoms with van der Waals surface area (Å²) in [5, 5.41) is 14.0. The number of nitrogens with zero attached hydrogens (tertiary/aromatic N) is 3. The third-order valence-corrected chi connectivity index (χ3v) is 3.42. The minimum Gasteiger partial charge on any atom is -0.481 e. The van der Waals surface area contributed by atoms with E-state index in [9.17, 15) is 4.79 Å². The zero-order valence-electron chi connectivity index (χ0n) is 9.17. The molecule has 16 heavy (non-hydrogen) atoms. The third kappa shape index (κ3) is 2.21. The second-order valence-corrected chi connectivity index (χ2v) is 4.94. The largest absolute Gasteiger partial charge is 0.481 e. The fraction of sp³-hybridized carbons (Fsp3) is 0.500. The number of hydrogen-bond acceptors (Lipinski definition) is 4.